The molecule has 1 aromatic heterocycles. The maximum Gasteiger partial charge on any atom is 0.0956 e. The maximum absolute atomic E-state index is 4.67. The number of benzene rings is 2. The number of hydrogen-bond acceptors (Lipinski definition) is 1. The van der Waals surface area contributed by atoms with Crippen molar-refractivity contribution in [2.75, 3.05) is 0 Å². The second kappa shape index (κ2) is 6.71. The van der Waals surface area contributed by atoms with Crippen molar-refractivity contribution < 1.29 is 0 Å². The molecule has 2 heteroatoms. The Morgan fingerprint density at radius 2 is 1.35 bits per heavy atom. The van der Waals surface area contributed by atoms with Crippen molar-refractivity contribution in [1.82, 2.24) is 9.78 Å². The van der Waals surface area contributed by atoms with E-state index in [4.69, 9.17) is 0 Å². The first kappa shape index (κ1) is 14.1. The molecule has 3 aromatic rings. The Kier molecular flexibility index (Phi) is 4.72. The van der Waals surface area contributed by atoms with E-state index in [0.717, 1.165) is 16.9 Å². The number of rotatable bonds is 2. The van der Waals surface area contributed by atoms with Crippen LogP contribution in [0.2, 0.25) is 0 Å². The first-order valence-corrected chi connectivity index (χ1v) is 7.02. The Morgan fingerprint density at radius 3 is 1.95 bits per heavy atom. The van der Waals surface area contributed by atoms with Crippen LogP contribution in [0.5, 0.6) is 0 Å². The molecule has 0 fully saturated rings. The lowest BCUT2D eigenvalue weighted by atomic mass is 10.1. The smallest absolute Gasteiger partial charge is 0.0956 e. The highest BCUT2D eigenvalue weighted by molar-refractivity contribution is 5.62. The lowest BCUT2D eigenvalue weighted by Crippen LogP contribution is -1.93. The van der Waals surface area contributed by atoms with Gasteiger partial charge in [0.1, 0.15) is 0 Å². The second-order valence-electron chi connectivity index (χ2n) is 4.31. The molecule has 3 rings (SSSR count). The zero-order valence-electron chi connectivity index (χ0n) is 12.2. The summed E-state index contributed by atoms with van der Waals surface area (Å²) >= 11 is 0. The van der Waals surface area contributed by atoms with E-state index in [1.807, 2.05) is 54.9 Å². The number of hydrogen-bond donors (Lipinski definition) is 0. The van der Waals surface area contributed by atoms with Crippen molar-refractivity contribution in [2.45, 2.75) is 20.8 Å². The van der Waals surface area contributed by atoms with Gasteiger partial charge in [0.15, 0.2) is 0 Å². The van der Waals surface area contributed by atoms with Crippen molar-refractivity contribution in [3.63, 3.8) is 0 Å². The van der Waals surface area contributed by atoms with E-state index in [1.54, 1.807) is 0 Å². The van der Waals surface area contributed by atoms with E-state index in [2.05, 4.69) is 42.5 Å². The van der Waals surface area contributed by atoms with Gasteiger partial charge in [-0.3, -0.25) is 0 Å². The summed E-state index contributed by atoms with van der Waals surface area (Å²) in [5.41, 5.74) is 4.47. The Morgan fingerprint density at radius 1 is 0.800 bits per heavy atom. The van der Waals surface area contributed by atoms with Crippen LogP contribution in [0.25, 0.3) is 16.9 Å². The highest BCUT2D eigenvalue weighted by atomic mass is 15.3. The Balaban J connectivity index is 0.000000704. The molecule has 0 N–H and O–H groups in total. The van der Waals surface area contributed by atoms with E-state index in [0.29, 0.717) is 0 Å². The number of nitrogens with zero attached hydrogens (tertiary/aromatic N) is 2. The molecule has 0 radical (unpaired) electrons. The predicted molar refractivity (Wildman–Crippen MR) is 85.1 cm³/mol. The molecule has 0 saturated heterocycles. The van der Waals surface area contributed by atoms with Crippen LogP contribution in [0.1, 0.15) is 19.4 Å². The van der Waals surface area contributed by atoms with E-state index in [9.17, 15) is 0 Å². The van der Waals surface area contributed by atoms with Crippen molar-refractivity contribution in [3.05, 3.63) is 72.4 Å². The van der Waals surface area contributed by atoms with Crippen LogP contribution >= 0.6 is 0 Å². The minimum atomic E-state index is 1.04. The van der Waals surface area contributed by atoms with Crippen molar-refractivity contribution in [1.29, 1.82) is 0 Å². The van der Waals surface area contributed by atoms with Gasteiger partial charge in [0, 0.05) is 11.8 Å². The summed E-state index contributed by atoms with van der Waals surface area (Å²) in [5.74, 6) is 0. The second-order valence-corrected chi connectivity index (χ2v) is 4.31. The fourth-order valence-corrected chi connectivity index (χ4v) is 2.05. The summed E-state index contributed by atoms with van der Waals surface area (Å²) in [5, 5.41) is 4.67. The Hall–Kier alpha value is -2.35. The Bertz CT molecular complexity index is 640. The van der Waals surface area contributed by atoms with Gasteiger partial charge in [-0.2, -0.15) is 5.10 Å². The van der Waals surface area contributed by atoms with Gasteiger partial charge in [-0.25, -0.2) is 4.68 Å². The Labute approximate surface area is 120 Å². The molecular weight excluding hydrogens is 244 g/mol. The fraction of sp³-hybridized carbons (Fsp3) is 0.167. The molecule has 0 atom stereocenters. The van der Waals surface area contributed by atoms with Crippen LogP contribution in [0, 0.1) is 6.92 Å². The normalized spacial score (nSPS) is 9.75. The van der Waals surface area contributed by atoms with E-state index in [1.165, 1.54) is 5.56 Å². The summed E-state index contributed by atoms with van der Waals surface area (Å²) in [6.45, 7) is 6.09. The summed E-state index contributed by atoms with van der Waals surface area (Å²) in [6, 6.07) is 20.4. The molecule has 102 valence electrons. The molecule has 2 nitrogen and oxygen atoms in total. The minimum Gasteiger partial charge on any atom is -0.240 e. The summed E-state index contributed by atoms with van der Waals surface area (Å²) in [4.78, 5) is 0. The van der Waals surface area contributed by atoms with Crippen molar-refractivity contribution in [2.24, 2.45) is 0 Å². The van der Waals surface area contributed by atoms with Crippen LogP contribution in [-0.4, -0.2) is 9.78 Å². The standard InChI is InChI=1S/C16H14N2.C2H6/c1-13-12-18(15-10-6-3-7-11-15)17-16(13)14-8-4-2-5-9-14;1-2/h2-12H,1H3;1-2H3. The molecule has 0 unspecified atom stereocenters. The van der Waals surface area contributed by atoms with Gasteiger partial charge in [-0.05, 0) is 24.6 Å². The third-order valence-electron chi connectivity index (χ3n) is 2.97. The van der Waals surface area contributed by atoms with Crippen LogP contribution < -0.4 is 0 Å². The van der Waals surface area contributed by atoms with Crippen LogP contribution in [0.4, 0.5) is 0 Å². The van der Waals surface area contributed by atoms with Gasteiger partial charge >= 0.3 is 0 Å². The largest absolute Gasteiger partial charge is 0.240 e. The van der Waals surface area contributed by atoms with Gasteiger partial charge in [0.2, 0.25) is 0 Å². The lowest BCUT2D eigenvalue weighted by Gasteiger charge is -2.00. The molecule has 0 amide bonds. The molecule has 0 aliphatic heterocycles. The third-order valence-corrected chi connectivity index (χ3v) is 2.97. The first-order chi connectivity index (χ1) is 9.84. The molecule has 1 heterocycles. The lowest BCUT2D eigenvalue weighted by molar-refractivity contribution is 0.884. The number of para-hydroxylation sites is 1. The molecule has 0 bridgehead atoms. The molecule has 0 spiro atoms. The highest BCUT2D eigenvalue weighted by Gasteiger charge is 2.07. The maximum atomic E-state index is 4.67. The quantitative estimate of drug-likeness (QED) is 0.645. The average molecular weight is 264 g/mol. The van der Waals surface area contributed by atoms with Crippen LogP contribution in [-0.2, 0) is 0 Å². The van der Waals surface area contributed by atoms with Gasteiger partial charge in [0.05, 0.1) is 11.4 Å². The molecule has 0 aliphatic carbocycles. The third kappa shape index (κ3) is 2.97. The van der Waals surface area contributed by atoms with Crippen LogP contribution in [0.15, 0.2) is 66.9 Å². The summed E-state index contributed by atoms with van der Waals surface area (Å²) in [6.07, 6.45) is 2.07. The summed E-state index contributed by atoms with van der Waals surface area (Å²) in [7, 11) is 0. The van der Waals surface area contributed by atoms with Gasteiger partial charge in [-0.15, -0.1) is 0 Å². The molecular formula is C18H20N2. The minimum absolute atomic E-state index is 1.04. The zero-order chi connectivity index (χ0) is 14.4. The fourth-order valence-electron chi connectivity index (χ4n) is 2.05. The molecule has 2 aromatic carbocycles. The SMILES string of the molecule is CC.Cc1cn(-c2ccccc2)nc1-c1ccccc1. The number of aromatic nitrogens is 2. The molecule has 20 heavy (non-hydrogen) atoms. The van der Waals surface area contributed by atoms with E-state index < -0.39 is 0 Å². The monoisotopic (exact) mass is 264 g/mol. The zero-order valence-corrected chi connectivity index (χ0v) is 12.2. The number of aryl methyl sites for hydroxylation is 1. The first-order valence-electron chi connectivity index (χ1n) is 7.02. The van der Waals surface area contributed by atoms with E-state index >= 15 is 0 Å². The highest BCUT2D eigenvalue weighted by Crippen LogP contribution is 2.22. The topological polar surface area (TPSA) is 17.8 Å². The van der Waals surface area contributed by atoms with E-state index in [-0.39, 0.29) is 0 Å². The van der Waals surface area contributed by atoms with Gasteiger partial charge < -0.3 is 0 Å². The molecule has 0 saturated carbocycles. The summed E-state index contributed by atoms with van der Waals surface area (Å²) < 4.78 is 1.93. The molecule has 0 aliphatic rings. The van der Waals surface area contributed by atoms with Gasteiger partial charge in [-0.1, -0.05) is 62.4 Å². The van der Waals surface area contributed by atoms with Crippen molar-refractivity contribution >= 4 is 0 Å². The predicted octanol–water partition coefficient (Wildman–Crippen LogP) is 4.87. The van der Waals surface area contributed by atoms with Crippen LogP contribution in [0.3, 0.4) is 0 Å². The van der Waals surface area contributed by atoms with Gasteiger partial charge in [0.25, 0.3) is 0 Å². The van der Waals surface area contributed by atoms with Crippen molar-refractivity contribution in [3.8, 4) is 16.9 Å². The average Bonchev–Trinajstić information content (AvgIpc) is 2.93.